The van der Waals surface area contributed by atoms with E-state index in [0.29, 0.717) is 16.5 Å². The van der Waals surface area contributed by atoms with Gasteiger partial charge in [-0.2, -0.15) is 0 Å². The second-order valence-corrected chi connectivity index (χ2v) is 6.09. The van der Waals surface area contributed by atoms with E-state index in [-0.39, 0.29) is 29.6 Å². The molecule has 1 saturated heterocycles. The lowest BCUT2D eigenvalue weighted by Crippen LogP contribution is -2.31. The molecule has 1 saturated carbocycles. The maximum absolute atomic E-state index is 12.4. The van der Waals surface area contributed by atoms with Gasteiger partial charge in [0.05, 0.1) is 17.8 Å². The Balaban J connectivity index is 0.00000161. The number of halogens is 2. The van der Waals surface area contributed by atoms with Crippen LogP contribution in [0.2, 0.25) is 5.02 Å². The molecule has 1 aromatic carbocycles. The van der Waals surface area contributed by atoms with E-state index in [1.165, 1.54) is 0 Å². The van der Waals surface area contributed by atoms with Crippen LogP contribution in [0.25, 0.3) is 0 Å². The fourth-order valence-electron chi connectivity index (χ4n) is 3.23. The molecule has 116 valence electrons. The summed E-state index contributed by atoms with van der Waals surface area (Å²) in [6, 6.07) is 5.38. The number of carbonyl (C=O) groups is 1. The lowest BCUT2D eigenvalue weighted by Gasteiger charge is -2.23. The maximum Gasteiger partial charge on any atom is 0.228 e. The van der Waals surface area contributed by atoms with Crippen molar-refractivity contribution in [3.05, 3.63) is 23.2 Å². The van der Waals surface area contributed by atoms with E-state index in [4.69, 9.17) is 16.3 Å². The van der Waals surface area contributed by atoms with Crippen molar-refractivity contribution >= 4 is 35.6 Å². The third-order valence-corrected chi connectivity index (χ3v) is 4.83. The van der Waals surface area contributed by atoms with E-state index in [1.54, 1.807) is 13.2 Å². The van der Waals surface area contributed by atoms with Crippen LogP contribution in [0.1, 0.15) is 19.3 Å². The van der Waals surface area contributed by atoms with Gasteiger partial charge < -0.3 is 15.4 Å². The van der Waals surface area contributed by atoms with Crippen molar-refractivity contribution in [3.63, 3.8) is 0 Å². The smallest absolute Gasteiger partial charge is 0.228 e. The molecule has 1 unspecified atom stereocenters. The Hall–Kier alpha value is -0.970. The minimum atomic E-state index is 0. The second-order valence-electron chi connectivity index (χ2n) is 5.68. The van der Waals surface area contributed by atoms with Crippen LogP contribution in [0, 0.1) is 11.3 Å². The molecule has 3 rings (SSSR count). The molecular formula is C15H20Cl2N2O2. The van der Waals surface area contributed by atoms with Crippen LogP contribution in [0.3, 0.4) is 0 Å². The average molecular weight is 331 g/mol. The summed E-state index contributed by atoms with van der Waals surface area (Å²) < 4.78 is 5.26. The number of para-hydroxylation sites is 1. The summed E-state index contributed by atoms with van der Waals surface area (Å²) in [4.78, 5) is 12.4. The summed E-state index contributed by atoms with van der Waals surface area (Å²) in [5, 5.41) is 6.82. The standard InChI is InChI=1S/C15H19ClN2O2.ClH/c1-20-13-11(16)3-2-4-12(13)18-14(19)10-9-15(10)5-7-17-8-6-15;/h2-4,10,17H,5-9H2,1H3,(H,18,19);1H. The molecule has 1 heterocycles. The number of benzene rings is 1. The Bertz CT molecular complexity index is 530. The highest BCUT2D eigenvalue weighted by molar-refractivity contribution is 6.32. The van der Waals surface area contributed by atoms with Gasteiger partial charge in [0.2, 0.25) is 5.91 Å². The van der Waals surface area contributed by atoms with Crippen molar-refractivity contribution < 1.29 is 9.53 Å². The lowest BCUT2D eigenvalue weighted by atomic mass is 9.92. The molecule has 6 heteroatoms. The van der Waals surface area contributed by atoms with Crippen LogP contribution in [0.4, 0.5) is 5.69 Å². The summed E-state index contributed by atoms with van der Waals surface area (Å²) >= 11 is 6.07. The predicted molar refractivity (Wildman–Crippen MR) is 86.5 cm³/mol. The zero-order valence-electron chi connectivity index (χ0n) is 11.9. The molecule has 1 amide bonds. The first kappa shape index (κ1) is 16.4. The van der Waals surface area contributed by atoms with Crippen LogP contribution >= 0.6 is 24.0 Å². The first-order chi connectivity index (χ1) is 9.66. The summed E-state index contributed by atoms with van der Waals surface area (Å²) in [5.74, 6) is 0.753. The number of nitrogens with one attached hydrogen (secondary N) is 2. The molecule has 1 aliphatic heterocycles. The van der Waals surface area contributed by atoms with E-state index in [9.17, 15) is 4.79 Å². The van der Waals surface area contributed by atoms with Crippen molar-refractivity contribution in [2.75, 3.05) is 25.5 Å². The van der Waals surface area contributed by atoms with Gasteiger partial charge >= 0.3 is 0 Å². The molecule has 1 aromatic rings. The average Bonchev–Trinajstić information content (AvgIpc) is 3.13. The monoisotopic (exact) mass is 330 g/mol. The molecular weight excluding hydrogens is 311 g/mol. The predicted octanol–water partition coefficient (Wildman–Crippen LogP) is 3.10. The van der Waals surface area contributed by atoms with Gasteiger partial charge in [-0.15, -0.1) is 12.4 Å². The van der Waals surface area contributed by atoms with Gasteiger partial charge in [0.25, 0.3) is 0 Å². The van der Waals surface area contributed by atoms with Crippen molar-refractivity contribution in [2.45, 2.75) is 19.3 Å². The second kappa shape index (κ2) is 6.42. The van der Waals surface area contributed by atoms with Crippen molar-refractivity contribution in [3.8, 4) is 5.75 Å². The van der Waals surface area contributed by atoms with Crippen LogP contribution in [0.15, 0.2) is 18.2 Å². The fraction of sp³-hybridized carbons (Fsp3) is 0.533. The first-order valence-electron chi connectivity index (χ1n) is 7.00. The van der Waals surface area contributed by atoms with Crippen LogP contribution < -0.4 is 15.4 Å². The molecule has 1 aliphatic carbocycles. The van der Waals surface area contributed by atoms with Gasteiger partial charge in [0, 0.05) is 5.92 Å². The quantitative estimate of drug-likeness (QED) is 0.895. The fourth-order valence-corrected chi connectivity index (χ4v) is 3.48. The third-order valence-electron chi connectivity index (χ3n) is 4.53. The summed E-state index contributed by atoms with van der Waals surface area (Å²) in [5.41, 5.74) is 0.891. The number of piperidine rings is 1. The summed E-state index contributed by atoms with van der Waals surface area (Å²) in [7, 11) is 1.56. The Morgan fingerprint density at radius 1 is 1.43 bits per heavy atom. The topological polar surface area (TPSA) is 50.4 Å². The van der Waals surface area contributed by atoms with Gasteiger partial charge in [-0.3, -0.25) is 4.79 Å². The highest BCUT2D eigenvalue weighted by atomic mass is 35.5. The van der Waals surface area contributed by atoms with E-state index < -0.39 is 0 Å². The van der Waals surface area contributed by atoms with E-state index in [0.717, 1.165) is 32.4 Å². The highest BCUT2D eigenvalue weighted by Gasteiger charge is 2.57. The van der Waals surface area contributed by atoms with Gasteiger partial charge in [-0.25, -0.2) is 0 Å². The number of hydrogen-bond donors (Lipinski definition) is 2. The van der Waals surface area contributed by atoms with Crippen LogP contribution in [-0.2, 0) is 4.79 Å². The first-order valence-corrected chi connectivity index (χ1v) is 7.38. The van der Waals surface area contributed by atoms with E-state index >= 15 is 0 Å². The van der Waals surface area contributed by atoms with Gasteiger partial charge in [-0.05, 0) is 49.9 Å². The largest absolute Gasteiger partial charge is 0.493 e. The number of hydrogen-bond acceptors (Lipinski definition) is 3. The van der Waals surface area contributed by atoms with Crippen LogP contribution in [-0.4, -0.2) is 26.1 Å². The highest BCUT2D eigenvalue weighted by Crippen LogP contribution is 2.58. The Morgan fingerprint density at radius 2 is 2.14 bits per heavy atom. The van der Waals surface area contributed by atoms with Crippen molar-refractivity contribution in [1.82, 2.24) is 5.32 Å². The third kappa shape index (κ3) is 3.12. The molecule has 1 atom stereocenters. The number of anilines is 1. The molecule has 2 fully saturated rings. The molecule has 0 bridgehead atoms. The van der Waals surface area contributed by atoms with Gasteiger partial charge in [0.15, 0.2) is 5.75 Å². The zero-order valence-corrected chi connectivity index (χ0v) is 13.5. The maximum atomic E-state index is 12.4. The molecule has 1 spiro atoms. The Kier molecular flexibility index (Phi) is 5.02. The van der Waals surface area contributed by atoms with Gasteiger partial charge in [-0.1, -0.05) is 17.7 Å². The summed E-state index contributed by atoms with van der Waals surface area (Å²) in [6.07, 6.45) is 3.19. The van der Waals surface area contributed by atoms with Crippen LogP contribution in [0.5, 0.6) is 5.75 Å². The normalized spacial score (nSPS) is 22.3. The summed E-state index contributed by atoms with van der Waals surface area (Å²) in [6.45, 7) is 2.04. The minimum absolute atomic E-state index is 0. The van der Waals surface area contributed by atoms with Gasteiger partial charge in [0.1, 0.15) is 0 Å². The van der Waals surface area contributed by atoms with Crippen molar-refractivity contribution in [1.29, 1.82) is 0 Å². The zero-order chi connectivity index (χ0) is 14.2. The SMILES string of the molecule is COc1c(Cl)cccc1NC(=O)C1CC12CCNCC2.Cl. The number of methoxy groups -OCH3 is 1. The molecule has 2 aliphatic rings. The lowest BCUT2D eigenvalue weighted by molar-refractivity contribution is -0.118. The number of ether oxygens (including phenoxy) is 1. The number of amides is 1. The molecule has 0 radical (unpaired) electrons. The molecule has 0 aromatic heterocycles. The van der Waals surface area contributed by atoms with E-state index in [1.807, 2.05) is 12.1 Å². The van der Waals surface area contributed by atoms with Crippen molar-refractivity contribution in [2.24, 2.45) is 11.3 Å². The van der Waals surface area contributed by atoms with E-state index in [2.05, 4.69) is 10.6 Å². The molecule has 4 nitrogen and oxygen atoms in total. The molecule has 2 N–H and O–H groups in total. The molecule has 21 heavy (non-hydrogen) atoms. The number of rotatable bonds is 3. The number of carbonyl (C=O) groups excluding carboxylic acids is 1. The minimum Gasteiger partial charge on any atom is -0.493 e. The Morgan fingerprint density at radius 3 is 2.81 bits per heavy atom. The Labute approximate surface area is 136 Å².